The van der Waals surface area contributed by atoms with Gasteiger partial charge in [-0.25, -0.2) is 4.98 Å². The van der Waals surface area contributed by atoms with Crippen LogP contribution in [0.4, 0.5) is 0 Å². The maximum Gasteiger partial charge on any atom is 0.218 e. The van der Waals surface area contributed by atoms with Gasteiger partial charge in [-0.2, -0.15) is 0 Å². The third-order valence-corrected chi connectivity index (χ3v) is 4.80. The summed E-state index contributed by atoms with van der Waals surface area (Å²) >= 11 is 0. The second kappa shape index (κ2) is 9.22. The molecule has 0 saturated carbocycles. The highest BCUT2D eigenvalue weighted by Crippen LogP contribution is 2.18. The van der Waals surface area contributed by atoms with E-state index in [2.05, 4.69) is 39.2 Å². The molecule has 3 rings (SSSR count). The van der Waals surface area contributed by atoms with Crippen LogP contribution < -0.4 is 10.1 Å². The molecule has 5 heteroatoms. The Morgan fingerprint density at radius 2 is 1.96 bits per heavy atom. The maximum absolute atomic E-state index is 5.94. The number of nitrogens with zero attached hydrogens (tertiary/aromatic N) is 3. The van der Waals surface area contributed by atoms with Crippen LogP contribution in [-0.2, 0) is 13.2 Å². The lowest BCUT2D eigenvalue weighted by Crippen LogP contribution is -2.45. The summed E-state index contributed by atoms with van der Waals surface area (Å²) in [6.07, 6.45) is 4.21. The van der Waals surface area contributed by atoms with Crippen LogP contribution in [0.5, 0.6) is 5.88 Å². The number of aliphatic imine (C=N–C) groups is 1. The minimum Gasteiger partial charge on any atom is -0.473 e. The molecule has 26 heavy (non-hydrogen) atoms. The van der Waals surface area contributed by atoms with Crippen molar-refractivity contribution in [1.29, 1.82) is 0 Å². The molecule has 1 saturated heterocycles. The van der Waals surface area contributed by atoms with Crippen molar-refractivity contribution in [2.75, 3.05) is 20.1 Å². The van der Waals surface area contributed by atoms with Gasteiger partial charge in [-0.1, -0.05) is 43.3 Å². The van der Waals surface area contributed by atoms with E-state index in [1.54, 1.807) is 6.20 Å². The summed E-state index contributed by atoms with van der Waals surface area (Å²) in [6.45, 7) is 5.61. The summed E-state index contributed by atoms with van der Waals surface area (Å²) in [5.41, 5.74) is 2.17. The first-order valence-electron chi connectivity index (χ1n) is 9.32. The van der Waals surface area contributed by atoms with E-state index >= 15 is 0 Å². The molecule has 1 N–H and O–H groups in total. The van der Waals surface area contributed by atoms with E-state index in [0.29, 0.717) is 19.0 Å². The van der Waals surface area contributed by atoms with Gasteiger partial charge >= 0.3 is 0 Å². The summed E-state index contributed by atoms with van der Waals surface area (Å²) in [4.78, 5) is 11.2. The smallest absolute Gasteiger partial charge is 0.218 e. The Bertz CT molecular complexity index is 709. The zero-order chi connectivity index (χ0) is 18.2. The van der Waals surface area contributed by atoms with Crippen LogP contribution in [0.15, 0.2) is 53.7 Å². The van der Waals surface area contributed by atoms with Gasteiger partial charge in [0.25, 0.3) is 0 Å². The van der Waals surface area contributed by atoms with Crippen molar-refractivity contribution < 1.29 is 4.74 Å². The highest BCUT2D eigenvalue weighted by molar-refractivity contribution is 5.80. The summed E-state index contributed by atoms with van der Waals surface area (Å²) < 4.78 is 5.94. The topological polar surface area (TPSA) is 49.8 Å². The van der Waals surface area contributed by atoms with Crippen LogP contribution in [0.3, 0.4) is 0 Å². The molecule has 2 heterocycles. The molecule has 2 aromatic rings. The Hall–Kier alpha value is -2.56. The number of piperidine rings is 1. The Balaban J connectivity index is 1.59. The van der Waals surface area contributed by atoms with Crippen molar-refractivity contribution in [2.45, 2.75) is 32.9 Å². The predicted octanol–water partition coefficient (Wildman–Crippen LogP) is 3.47. The molecule has 138 valence electrons. The van der Waals surface area contributed by atoms with Crippen LogP contribution in [0.25, 0.3) is 0 Å². The minimum atomic E-state index is 0.517. The average Bonchev–Trinajstić information content (AvgIpc) is 2.69. The number of ether oxygens (including phenoxy) is 1. The van der Waals surface area contributed by atoms with Gasteiger partial charge in [0.1, 0.15) is 6.61 Å². The van der Waals surface area contributed by atoms with E-state index in [-0.39, 0.29) is 0 Å². The van der Waals surface area contributed by atoms with Crippen LogP contribution in [0, 0.1) is 5.92 Å². The summed E-state index contributed by atoms with van der Waals surface area (Å²) in [5, 5.41) is 3.46. The number of benzene rings is 1. The monoisotopic (exact) mass is 352 g/mol. The highest BCUT2D eigenvalue weighted by Gasteiger charge is 2.18. The summed E-state index contributed by atoms with van der Waals surface area (Å²) in [5.74, 6) is 2.43. The number of aromatic nitrogens is 1. The van der Waals surface area contributed by atoms with Gasteiger partial charge in [-0.15, -0.1) is 0 Å². The van der Waals surface area contributed by atoms with Crippen LogP contribution >= 0.6 is 0 Å². The molecule has 1 aromatic carbocycles. The van der Waals surface area contributed by atoms with Gasteiger partial charge in [-0.3, -0.25) is 4.99 Å². The van der Waals surface area contributed by atoms with E-state index in [1.807, 2.05) is 37.4 Å². The molecule has 0 aliphatic carbocycles. The molecule has 1 fully saturated rings. The molecule has 0 unspecified atom stereocenters. The molecular weight excluding hydrogens is 324 g/mol. The Morgan fingerprint density at radius 1 is 1.19 bits per heavy atom. The first-order chi connectivity index (χ1) is 12.8. The van der Waals surface area contributed by atoms with E-state index in [0.717, 1.165) is 36.1 Å². The second-order valence-corrected chi connectivity index (χ2v) is 6.81. The van der Waals surface area contributed by atoms with Gasteiger partial charge < -0.3 is 15.0 Å². The fourth-order valence-electron chi connectivity index (χ4n) is 3.14. The van der Waals surface area contributed by atoms with Gasteiger partial charge in [0.2, 0.25) is 5.88 Å². The van der Waals surface area contributed by atoms with E-state index in [9.17, 15) is 0 Å². The highest BCUT2D eigenvalue weighted by atomic mass is 16.5. The van der Waals surface area contributed by atoms with E-state index in [4.69, 9.17) is 4.74 Å². The first-order valence-corrected chi connectivity index (χ1v) is 9.32. The van der Waals surface area contributed by atoms with Gasteiger partial charge in [0.15, 0.2) is 5.96 Å². The summed E-state index contributed by atoms with van der Waals surface area (Å²) in [6, 6.07) is 14.1. The van der Waals surface area contributed by atoms with Crippen molar-refractivity contribution in [3.05, 3.63) is 59.8 Å². The molecule has 0 atom stereocenters. The van der Waals surface area contributed by atoms with E-state index in [1.165, 1.54) is 12.8 Å². The van der Waals surface area contributed by atoms with Crippen molar-refractivity contribution in [1.82, 2.24) is 15.2 Å². The molecule has 1 aliphatic heterocycles. The number of hydrogen-bond donors (Lipinski definition) is 1. The average molecular weight is 352 g/mol. The lowest BCUT2D eigenvalue weighted by atomic mass is 10.00. The van der Waals surface area contributed by atoms with Gasteiger partial charge in [0.05, 0.1) is 0 Å². The third-order valence-electron chi connectivity index (χ3n) is 4.80. The van der Waals surface area contributed by atoms with Crippen molar-refractivity contribution in [3.8, 4) is 5.88 Å². The van der Waals surface area contributed by atoms with E-state index < -0.39 is 0 Å². The molecule has 1 aliphatic rings. The van der Waals surface area contributed by atoms with Crippen LogP contribution in [0.2, 0.25) is 0 Å². The number of likely N-dealkylation sites (tertiary alicyclic amines) is 1. The number of hydrogen-bond acceptors (Lipinski definition) is 3. The predicted molar refractivity (Wildman–Crippen MR) is 105 cm³/mol. The fraction of sp³-hybridized carbons (Fsp3) is 0.429. The molecule has 1 aromatic heterocycles. The van der Waals surface area contributed by atoms with Crippen LogP contribution in [-0.4, -0.2) is 36.0 Å². The van der Waals surface area contributed by atoms with Gasteiger partial charge in [0, 0.05) is 38.4 Å². The Kier molecular flexibility index (Phi) is 6.47. The SMILES string of the molecule is CN=C(NCc1cccnc1OCc1ccccc1)N1CCC(C)CC1. The van der Waals surface area contributed by atoms with Crippen molar-refractivity contribution >= 4 is 5.96 Å². The zero-order valence-electron chi connectivity index (χ0n) is 15.7. The van der Waals surface area contributed by atoms with Crippen molar-refractivity contribution in [3.63, 3.8) is 0 Å². The molecular formula is C21H28N4O. The first kappa shape index (κ1) is 18.2. The number of nitrogens with one attached hydrogen (secondary N) is 1. The number of guanidine groups is 1. The third kappa shape index (κ3) is 4.97. The normalized spacial score (nSPS) is 15.8. The molecule has 0 spiro atoms. The Morgan fingerprint density at radius 3 is 2.69 bits per heavy atom. The zero-order valence-corrected chi connectivity index (χ0v) is 15.7. The molecule has 5 nitrogen and oxygen atoms in total. The van der Waals surface area contributed by atoms with Crippen LogP contribution in [0.1, 0.15) is 30.9 Å². The molecule has 0 bridgehead atoms. The second-order valence-electron chi connectivity index (χ2n) is 6.81. The quantitative estimate of drug-likeness (QED) is 0.661. The Labute approximate surface area is 156 Å². The molecule has 0 radical (unpaired) electrons. The maximum atomic E-state index is 5.94. The lowest BCUT2D eigenvalue weighted by molar-refractivity contribution is 0.272. The van der Waals surface area contributed by atoms with Crippen molar-refractivity contribution in [2.24, 2.45) is 10.9 Å². The largest absolute Gasteiger partial charge is 0.473 e. The van der Waals surface area contributed by atoms with Gasteiger partial charge in [-0.05, 0) is 30.4 Å². The fourth-order valence-corrected chi connectivity index (χ4v) is 3.14. The summed E-state index contributed by atoms with van der Waals surface area (Å²) in [7, 11) is 1.84. The minimum absolute atomic E-state index is 0.517. The number of rotatable bonds is 5. The molecule has 0 amide bonds. The number of pyridine rings is 1. The standard InChI is InChI=1S/C21H28N4O/c1-17-10-13-25(14-11-17)21(22-2)24-15-19-9-6-12-23-20(19)26-16-18-7-4-3-5-8-18/h3-9,12,17H,10-11,13-16H2,1-2H3,(H,22,24). The lowest BCUT2D eigenvalue weighted by Gasteiger charge is -2.33.